The van der Waals surface area contributed by atoms with Crippen molar-refractivity contribution in [2.24, 2.45) is 5.84 Å². The third-order valence-corrected chi connectivity index (χ3v) is 3.41. The first-order chi connectivity index (χ1) is 9.92. The average Bonchev–Trinajstić information content (AvgIpc) is 3.23. The molecule has 0 unspecified atom stereocenters. The second-order valence-electron chi connectivity index (χ2n) is 5.38. The lowest BCUT2D eigenvalue weighted by Crippen LogP contribution is -2.35. The van der Waals surface area contributed by atoms with Gasteiger partial charge in [0.1, 0.15) is 5.75 Å². The van der Waals surface area contributed by atoms with Crippen LogP contribution in [0.4, 0.5) is 19.3 Å². The molecule has 0 atom stereocenters. The van der Waals surface area contributed by atoms with Gasteiger partial charge in [0.05, 0.1) is 0 Å². The van der Waals surface area contributed by atoms with Crippen molar-refractivity contribution in [3.8, 4) is 5.75 Å². The number of carbonyl (C=O) groups is 1. The summed E-state index contributed by atoms with van der Waals surface area (Å²) in [7, 11) is 0. The van der Waals surface area contributed by atoms with Gasteiger partial charge in [0.15, 0.2) is 0 Å². The van der Waals surface area contributed by atoms with Crippen LogP contribution < -0.4 is 21.3 Å². The maximum Gasteiger partial charge on any atom is 0.387 e. The number of alkyl halides is 2. The predicted octanol–water partition coefficient (Wildman–Crippen LogP) is 3.28. The molecule has 0 radical (unpaired) electrons. The van der Waals surface area contributed by atoms with Crippen LogP contribution in [0.15, 0.2) is 12.1 Å². The first-order valence-electron chi connectivity index (χ1n) is 6.82. The maximum atomic E-state index is 12.4. The number of amides is 2. The number of nitrogens with one attached hydrogen (secondary N) is 2. The first kappa shape index (κ1) is 15.5. The van der Waals surface area contributed by atoms with Gasteiger partial charge in [-0.1, -0.05) is 13.8 Å². The number of anilines is 1. The van der Waals surface area contributed by atoms with E-state index in [1.807, 2.05) is 19.3 Å². The fourth-order valence-electron chi connectivity index (χ4n) is 2.30. The second kappa shape index (κ2) is 6.26. The average molecular weight is 299 g/mol. The van der Waals surface area contributed by atoms with E-state index < -0.39 is 12.6 Å². The van der Waals surface area contributed by atoms with Crippen LogP contribution in [0.25, 0.3) is 0 Å². The quantitative estimate of drug-likeness (QED) is 0.443. The number of rotatable bonds is 5. The van der Waals surface area contributed by atoms with Gasteiger partial charge in [0.2, 0.25) is 0 Å². The van der Waals surface area contributed by atoms with Gasteiger partial charge in [-0.05, 0) is 47.9 Å². The number of ether oxygens (including phenoxy) is 1. The van der Waals surface area contributed by atoms with E-state index in [2.05, 4.69) is 10.1 Å². The van der Waals surface area contributed by atoms with Gasteiger partial charge in [-0.3, -0.25) is 5.43 Å². The Hall–Kier alpha value is -1.89. The van der Waals surface area contributed by atoms with Crippen molar-refractivity contribution in [3.05, 3.63) is 23.3 Å². The van der Waals surface area contributed by atoms with E-state index in [1.165, 1.54) is 6.07 Å². The molecular formula is C14H19F2N3O2. The van der Waals surface area contributed by atoms with Crippen LogP contribution in [0, 0.1) is 0 Å². The molecule has 0 spiro atoms. The third-order valence-electron chi connectivity index (χ3n) is 3.41. The second-order valence-corrected chi connectivity index (χ2v) is 5.38. The van der Waals surface area contributed by atoms with Crippen molar-refractivity contribution in [2.75, 3.05) is 5.32 Å². The summed E-state index contributed by atoms with van der Waals surface area (Å²) in [4.78, 5) is 11.5. The number of nitrogens with two attached hydrogens (primary N) is 1. The van der Waals surface area contributed by atoms with Crippen LogP contribution in [0.5, 0.6) is 5.75 Å². The Bertz CT molecular complexity index is 508. The molecule has 1 saturated carbocycles. The number of hydrogen-bond donors (Lipinski definition) is 3. The molecular weight excluding hydrogens is 280 g/mol. The lowest BCUT2D eigenvalue weighted by atomic mass is 9.95. The standard InChI is InChI=1S/C14H19F2N3O2/c1-7(2)10-5-9(21-13(15)16)6-11(8-3-4-8)12(10)18-14(20)19-17/h5-8,13H,3-4,17H2,1-2H3,(H2,18,19,20). The topological polar surface area (TPSA) is 76.4 Å². The van der Waals surface area contributed by atoms with E-state index in [0.29, 0.717) is 5.69 Å². The molecule has 7 heteroatoms. The summed E-state index contributed by atoms with van der Waals surface area (Å²) in [5.74, 6) is 5.52. The number of hydrogen-bond acceptors (Lipinski definition) is 3. The lowest BCUT2D eigenvalue weighted by Gasteiger charge is -2.20. The molecule has 0 aromatic heterocycles. The Morgan fingerprint density at radius 2 is 2.05 bits per heavy atom. The zero-order chi connectivity index (χ0) is 15.6. The lowest BCUT2D eigenvalue weighted by molar-refractivity contribution is -0.0499. The van der Waals surface area contributed by atoms with Gasteiger partial charge in [0, 0.05) is 5.69 Å². The van der Waals surface area contributed by atoms with E-state index >= 15 is 0 Å². The Balaban J connectivity index is 2.46. The largest absolute Gasteiger partial charge is 0.435 e. The van der Waals surface area contributed by atoms with Crippen molar-refractivity contribution in [3.63, 3.8) is 0 Å². The van der Waals surface area contributed by atoms with Crippen LogP contribution in [-0.4, -0.2) is 12.6 Å². The van der Waals surface area contributed by atoms with Crippen molar-refractivity contribution in [1.29, 1.82) is 0 Å². The van der Waals surface area contributed by atoms with E-state index in [-0.39, 0.29) is 17.6 Å². The molecule has 4 N–H and O–H groups in total. The SMILES string of the molecule is CC(C)c1cc(OC(F)F)cc(C2CC2)c1NC(=O)NN. The summed E-state index contributed by atoms with van der Waals surface area (Å²) in [5, 5.41) is 2.69. The summed E-state index contributed by atoms with van der Waals surface area (Å²) in [5.41, 5.74) is 4.22. The van der Waals surface area contributed by atoms with Crippen molar-refractivity contribution in [2.45, 2.75) is 45.1 Å². The monoisotopic (exact) mass is 299 g/mol. The van der Waals surface area contributed by atoms with E-state index in [1.54, 1.807) is 6.07 Å². The van der Waals surface area contributed by atoms with E-state index in [9.17, 15) is 13.6 Å². The van der Waals surface area contributed by atoms with Gasteiger partial charge in [-0.25, -0.2) is 10.6 Å². The Morgan fingerprint density at radius 3 is 2.52 bits per heavy atom. The molecule has 1 aliphatic carbocycles. The molecule has 0 bridgehead atoms. The van der Waals surface area contributed by atoms with Crippen LogP contribution in [0.2, 0.25) is 0 Å². The zero-order valence-electron chi connectivity index (χ0n) is 12.0. The first-order valence-corrected chi connectivity index (χ1v) is 6.82. The highest BCUT2D eigenvalue weighted by molar-refractivity contribution is 5.91. The molecule has 1 aromatic carbocycles. The molecule has 1 aromatic rings. The Labute approximate surface area is 121 Å². The summed E-state index contributed by atoms with van der Waals surface area (Å²) in [6.07, 6.45) is 1.93. The van der Waals surface area contributed by atoms with Gasteiger partial charge in [-0.15, -0.1) is 0 Å². The normalized spacial score (nSPS) is 14.4. The van der Waals surface area contributed by atoms with Crippen LogP contribution in [0.1, 0.15) is 49.7 Å². The number of urea groups is 1. The Kier molecular flexibility index (Phi) is 4.62. The maximum absolute atomic E-state index is 12.4. The smallest absolute Gasteiger partial charge is 0.387 e. The fourth-order valence-corrected chi connectivity index (χ4v) is 2.30. The highest BCUT2D eigenvalue weighted by Gasteiger charge is 2.29. The molecule has 1 aliphatic rings. The summed E-state index contributed by atoms with van der Waals surface area (Å²) in [6, 6.07) is 2.57. The number of halogens is 2. The molecule has 21 heavy (non-hydrogen) atoms. The summed E-state index contributed by atoms with van der Waals surface area (Å²) < 4.78 is 29.4. The minimum absolute atomic E-state index is 0.0387. The Morgan fingerprint density at radius 1 is 1.38 bits per heavy atom. The highest BCUT2D eigenvalue weighted by Crippen LogP contribution is 2.47. The van der Waals surface area contributed by atoms with Crippen LogP contribution in [0.3, 0.4) is 0 Å². The van der Waals surface area contributed by atoms with E-state index in [4.69, 9.17) is 5.84 Å². The highest BCUT2D eigenvalue weighted by atomic mass is 19.3. The third kappa shape index (κ3) is 3.81. The van der Waals surface area contributed by atoms with Crippen molar-refractivity contribution >= 4 is 11.7 Å². The molecule has 0 aliphatic heterocycles. The summed E-state index contributed by atoms with van der Waals surface area (Å²) >= 11 is 0. The molecule has 116 valence electrons. The van der Waals surface area contributed by atoms with Crippen LogP contribution in [-0.2, 0) is 0 Å². The number of hydrazine groups is 1. The predicted molar refractivity (Wildman–Crippen MR) is 75.5 cm³/mol. The minimum atomic E-state index is -2.87. The minimum Gasteiger partial charge on any atom is -0.435 e. The van der Waals surface area contributed by atoms with Crippen LogP contribution >= 0.6 is 0 Å². The fraction of sp³-hybridized carbons (Fsp3) is 0.500. The molecule has 0 saturated heterocycles. The van der Waals surface area contributed by atoms with E-state index in [0.717, 1.165) is 24.0 Å². The molecule has 2 amide bonds. The van der Waals surface area contributed by atoms with Gasteiger partial charge in [0.25, 0.3) is 0 Å². The zero-order valence-corrected chi connectivity index (χ0v) is 12.0. The molecule has 0 heterocycles. The number of carbonyl (C=O) groups excluding carboxylic acids is 1. The molecule has 5 nitrogen and oxygen atoms in total. The number of benzene rings is 1. The molecule has 2 rings (SSSR count). The van der Waals surface area contributed by atoms with Crippen molar-refractivity contribution in [1.82, 2.24) is 5.43 Å². The van der Waals surface area contributed by atoms with Crippen molar-refractivity contribution < 1.29 is 18.3 Å². The van der Waals surface area contributed by atoms with Gasteiger partial charge < -0.3 is 10.1 Å². The summed E-state index contributed by atoms with van der Waals surface area (Å²) in [6.45, 7) is 0.969. The van der Waals surface area contributed by atoms with Gasteiger partial charge >= 0.3 is 12.6 Å². The van der Waals surface area contributed by atoms with Gasteiger partial charge in [-0.2, -0.15) is 8.78 Å². The molecule has 1 fully saturated rings.